The van der Waals surface area contributed by atoms with Gasteiger partial charge < -0.3 is 14.2 Å². The van der Waals surface area contributed by atoms with Crippen LogP contribution in [0.4, 0.5) is 0 Å². The Bertz CT molecular complexity index is 671. The third kappa shape index (κ3) is 3.23. The van der Waals surface area contributed by atoms with Gasteiger partial charge in [-0.2, -0.15) is 0 Å². The number of nitrogens with zero attached hydrogens (tertiary/aromatic N) is 2. The van der Waals surface area contributed by atoms with Gasteiger partial charge in [0.15, 0.2) is 5.78 Å². The van der Waals surface area contributed by atoms with Crippen LogP contribution < -0.4 is 0 Å². The van der Waals surface area contributed by atoms with Crippen LogP contribution in [0.1, 0.15) is 58.3 Å². The number of ketones is 1. The summed E-state index contributed by atoms with van der Waals surface area (Å²) in [5, 5.41) is 0. The lowest BCUT2D eigenvalue weighted by atomic mass is 9.84. The molecule has 1 amide bonds. The average Bonchev–Trinajstić information content (AvgIpc) is 2.67. The van der Waals surface area contributed by atoms with E-state index in [0.717, 1.165) is 19.3 Å². The molecule has 0 aliphatic heterocycles. The highest BCUT2D eigenvalue weighted by atomic mass is 16.5. The molecule has 0 unspecified atom stereocenters. The minimum absolute atomic E-state index is 0.0310. The summed E-state index contributed by atoms with van der Waals surface area (Å²) in [6, 6.07) is 0. The molecule has 0 atom stereocenters. The van der Waals surface area contributed by atoms with E-state index in [2.05, 4.69) is 0 Å². The van der Waals surface area contributed by atoms with Crippen LogP contribution in [0.15, 0.2) is 0 Å². The van der Waals surface area contributed by atoms with Crippen LogP contribution in [0, 0.1) is 19.8 Å². The van der Waals surface area contributed by atoms with Gasteiger partial charge >= 0.3 is 5.97 Å². The molecule has 0 spiro atoms. The minimum Gasteiger partial charge on any atom is -0.461 e. The Morgan fingerprint density at radius 2 is 1.88 bits per heavy atom. The van der Waals surface area contributed by atoms with Crippen molar-refractivity contribution < 1.29 is 19.1 Å². The number of carbonyl (C=O) groups is 3. The van der Waals surface area contributed by atoms with Crippen molar-refractivity contribution in [2.75, 3.05) is 20.2 Å². The number of Topliss-reactive ketones (excluding diaryl/α,β-unsaturated/α-hetero) is 1. The van der Waals surface area contributed by atoms with E-state index in [1.807, 2.05) is 0 Å². The zero-order chi connectivity index (χ0) is 18.0. The number of aromatic nitrogens is 1. The van der Waals surface area contributed by atoms with Gasteiger partial charge in [0, 0.05) is 31.3 Å². The van der Waals surface area contributed by atoms with Gasteiger partial charge in [-0.15, -0.1) is 0 Å². The predicted octanol–water partition coefficient (Wildman–Crippen LogP) is 2.26. The van der Waals surface area contributed by atoms with E-state index in [0.29, 0.717) is 22.5 Å². The van der Waals surface area contributed by atoms with Crippen molar-refractivity contribution in [2.24, 2.45) is 13.0 Å². The van der Waals surface area contributed by atoms with Crippen molar-refractivity contribution in [3.8, 4) is 0 Å². The zero-order valence-corrected chi connectivity index (χ0v) is 15.1. The number of rotatable bonds is 6. The lowest BCUT2D eigenvalue weighted by Crippen LogP contribution is -2.39. The van der Waals surface area contributed by atoms with Crippen molar-refractivity contribution in [2.45, 2.75) is 40.0 Å². The smallest absolute Gasteiger partial charge is 0.355 e. The molecule has 0 aromatic carbocycles. The Labute approximate surface area is 142 Å². The fourth-order valence-corrected chi connectivity index (χ4v) is 3.22. The van der Waals surface area contributed by atoms with Crippen molar-refractivity contribution in [1.82, 2.24) is 9.47 Å². The van der Waals surface area contributed by atoms with E-state index in [9.17, 15) is 14.4 Å². The van der Waals surface area contributed by atoms with Gasteiger partial charge in [-0.1, -0.05) is 6.42 Å². The van der Waals surface area contributed by atoms with Crippen LogP contribution in [-0.2, 0) is 16.6 Å². The van der Waals surface area contributed by atoms with Crippen LogP contribution in [-0.4, -0.2) is 47.3 Å². The van der Waals surface area contributed by atoms with Gasteiger partial charge in [-0.3, -0.25) is 9.59 Å². The van der Waals surface area contributed by atoms with E-state index >= 15 is 0 Å². The van der Waals surface area contributed by atoms with Gasteiger partial charge in [0.05, 0.1) is 13.2 Å². The van der Waals surface area contributed by atoms with Gasteiger partial charge in [-0.05, 0) is 39.2 Å². The van der Waals surface area contributed by atoms with Crippen LogP contribution >= 0.6 is 0 Å². The Morgan fingerprint density at radius 1 is 1.25 bits per heavy atom. The second-order valence-corrected chi connectivity index (χ2v) is 6.46. The predicted molar refractivity (Wildman–Crippen MR) is 90.2 cm³/mol. The van der Waals surface area contributed by atoms with Gasteiger partial charge in [0.1, 0.15) is 5.69 Å². The highest BCUT2D eigenvalue weighted by Gasteiger charge is 2.30. The Hall–Kier alpha value is -2.11. The molecule has 1 aliphatic carbocycles. The third-order valence-corrected chi connectivity index (χ3v) is 4.89. The molecule has 0 N–H and O–H groups in total. The fraction of sp³-hybridized carbons (Fsp3) is 0.611. The molecule has 1 aliphatic rings. The first kappa shape index (κ1) is 18.2. The molecule has 132 valence electrons. The van der Waals surface area contributed by atoms with E-state index in [1.54, 1.807) is 39.4 Å². The summed E-state index contributed by atoms with van der Waals surface area (Å²) in [4.78, 5) is 38.6. The first-order valence-corrected chi connectivity index (χ1v) is 8.40. The van der Waals surface area contributed by atoms with Gasteiger partial charge in [-0.25, -0.2) is 4.79 Å². The van der Waals surface area contributed by atoms with Crippen LogP contribution in [0.25, 0.3) is 0 Å². The molecule has 1 aromatic heterocycles. The van der Waals surface area contributed by atoms with Crippen molar-refractivity contribution in [3.05, 3.63) is 22.5 Å². The first-order chi connectivity index (χ1) is 11.3. The molecule has 1 fully saturated rings. The maximum atomic E-state index is 12.7. The average molecular weight is 334 g/mol. The minimum atomic E-state index is -0.432. The summed E-state index contributed by atoms with van der Waals surface area (Å²) in [5.41, 5.74) is 2.23. The topological polar surface area (TPSA) is 68.6 Å². The molecule has 1 aromatic rings. The lowest BCUT2D eigenvalue weighted by molar-refractivity contribution is -0.136. The number of hydrogen-bond acceptors (Lipinski definition) is 4. The van der Waals surface area contributed by atoms with E-state index in [1.165, 1.54) is 4.90 Å². The SMILES string of the molecule is CCOC(=O)c1c(C)c(C(=O)CN(C)C(=O)C2CCC2)c(C)n1C. The van der Waals surface area contributed by atoms with E-state index in [-0.39, 0.29) is 30.8 Å². The maximum Gasteiger partial charge on any atom is 0.355 e. The van der Waals surface area contributed by atoms with E-state index in [4.69, 9.17) is 4.74 Å². The molecule has 0 bridgehead atoms. The van der Waals surface area contributed by atoms with E-state index < -0.39 is 5.97 Å². The summed E-state index contributed by atoms with van der Waals surface area (Å²) in [6.07, 6.45) is 2.90. The van der Waals surface area contributed by atoms with Crippen molar-refractivity contribution >= 4 is 17.7 Å². The molecule has 0 saturated heterocycles. The summed E-state index contributed by atoms with van der Waals surface area (Å²) < 4.78 is 6.76. The molecule has 24 heavy (non-hydrogen) atoms. The molecule has 2 rings (SSSR count). The quantitative estimate of drug-likeness (QED) is 0.591. The van der Waals surface area contributed by atoms with Gasteiger partial charge in [0.25, 0.3) is 0 Å². The lowest BCUT2D eigenvalue weighted by Gasteiger charge is -2.28. The Morgan fingerprint density at radius 3 is 2.38 bits per heavy atom. The summed E-state index contributed by atoms with van der Waals surface area (Å²) in [7, 11) is 3.41. The van der Waals surface area contributed by atoms with Crippen LogP contribution in [0.2, 0.25) is 0 Å². The standard InChI is InChI=1S/C18H26N2O4/c1-6-24-18(23)16-11(2)15(12(3)20(16)5)14(21)10-19(4)17(22)13-8-7-9-13/h13H,6-10H2,1-5H3. The Kier molecular flexibility index (Phi) is 5.47. The van der Waals surface area contributed by atoms with Crippen molar-refractivity contribution in [3.63, 3.8) is 0 Å². The fourth-order valence-electron chi connectivity index (χ4n) is 3.22. The summed E-state index contributed by atoms with van der Waals surface area (Å²) >= 11 is 0. The van der Waals surface area contributed by atoms with Crippen LogP contribution in [0.3, 0.4) is 0 Å². The molecule has 1 saturated carbocycles. The second-order valence-electron chi connectivity index (χ2n) is 6.46. The number of esters is 1. The summed E-state index contributed by atoms with van der Waals surface area (Å²) in [5.74, 6) is -0.479. The maximum absolute atomic E-state index is 12.7. The summed E-state index contributed by atoms with van der Waals surface area (Å²) in [6.45, 7) is 5.61. The third-order valence-electron chi connectivity index (χ3n) is 4.89. The van der Waals surface area contributed by atoms with Gasteiger partial charge in [0.2, 0.25) is 5.91 Å². The zero-order valence-electron chi connectivity index (χ0n) is 15.1. The highest BCUT2D eigenvalue weighted by molar-refractivity contribution is 6.04. The number of ether oxygens (including phenoxy) is 1. The molecule has 6 nitrogen and oxygen atoms in total. The molecule has 1 heterocycles. The molecular weight excluding hydrogens is 308 g/mol. The monoisotopic (exact) mass is 334 g/mol. The molecule has 0 radical (unpaired) electrons. The Balaban J connectivity index is 2.21. The highest BCUT2D eigenvalue weighted by Crippen LogP contribution is 2.28. The van der Waals surface area contributed by atoms with Crippen molar-refractivity contribution in [1.29, 1.82) is 0 Å². The molecule has 6 heteroatoms. The molecular formula is C18H26N2O4. The number of hydrogen-bond donors (Lipinski definition) is 0. The largest absolute Gasteiger partial charge is 0.461 e. The number of carbonyl (C=O) groups excluding carboxylic acids is 3. The second kappa shape index (κ2) is 7.20. The van der Waals surface area contributed by atoms with Crippen LogP contribution in [0.5, 0.6) is 0 Å². The first-order valence-electron chi connectivity index (χ1n) is 8.40. The normalized spacial score (nSPS) is 14.2. The number of likely N-dealkylation sites (N-methyl/N-ethyl adjacent to an activating group) is 1. The number of amides is 1.